The lowest BCUT2D eigenvalue weighted by atomic mass is 10.0. The van der Waals surface area contributed by atoms with Crippen molar-refractivity contribution in [1.82, 2.24) is 0 Å². The Morgan fingerprint density at radius 3 is 2.45 bits per heavy atom. The summed E-state index contributed by atoms with van der Waals surface area (Å²) >= 11 is 12.0. The van der Waals surface area contributed by atoms with Crippen molar-refractivity contribution in [2.75, 3.05) is 0 Å². The molecule has 0 spiro atoms. The minimum absolute atomic E-state index is 0.0150. The summed E-state index contributed by atoms with van der Waals surface area (Å²) in [5.74, 6) is 0.345. The fraction of sp³-hybridized carbons (Fsp3) is 0.188. The van der Waals surface area contributed by atoms with Gasteiger partial charge in [-0.2, -0.15) is 0 Å². The third-order valence-corrected chi connectivity index (χ3v) is 3.23. The molecule has 0 aromatic heterocycles. The highest BCUT2D eigenvalue weighted by atomic mass is 35.5. The molecule has 104 valence electrons. The molecule has 0 unspecified atom stereocenters. The first-order valence-corrected chi connectivity index (χ1v) is 7.00. The van der Waals surface area contributed by atoms with Gasteiger partial charge in [0.15, 0.2) is 5.78 Å². The minimum Gasteiger partial charge on any atom is -0.490 e. The molecule has 0 atom stereocenters. The zero-order chi connectivity index (χ0) is 14.7. The summed E-state index contributed by atoms with van der Waals surface area (Å²) in [7, 11) is 0. The van der Waals surface area contributed by atoms with Crippen molar-refractivity contribution in [2.45, 2.75) is 20.0 Å². The third kappa shape index (κ3) is 3.33. The van der Waals surface area contributed by atoms with Crippen LogP contribution in [0.4, 0.5) is 0 Å². The Labute approximate surface area is 128 Å². The van der Waals surface area contributed by atoms with Gasteiger partial charge in [0.25, 0.3) is 0 Å². The van der Waals surface area contributed by atoms with Gasteiger partial charge < -0.3 is 4.74 Å². The number of ether oxygens (including phenoxy) is 1. The third-order valence-electron chi connectivity index (χ3n) is 2.67. The van der Waals surface area contributed by atoms with Gasteiger partial charge in [-0.15, -0.1) is 0 Å². The lowest BCUT2D eigenvalue weighted by Gasteiger charge is -2.14. The van der Waals surface area contributed by atoms with E-state index in [1.807, 2.05) is 19.9 Å². The molecule has 0 aliphatic rings. The molecule has 0 saturated heterocycles. The fourth-order valence-electron chi connectivity index (χ4n) is 1.83. The second-order valence-corrected chi connectivity index (χ2v) is 5.46. The van der Waals surface area contributed by atoms with E-state index in [-0.39, 0.29) is 11.9 Å². The SMILES string of the molecule is CC(C)Oc1ccccc1C(=O)c1cc(Cl)ccc1Cl. The van der Waals surface area contributed by atoms with Gasteiger partial charge in [0.1, 0.15) is 5.75 Å². The van der Waals surface area contributed by atoms with Crippen LogP contribution in [0.25, 0.3) is 0 Å². The number of hydrogen-bond donors (Lipinski definition) is 0. The topological polar surface area (TPSA) is 26.3 Å². The second-order valence-electron chi connectivity index (χ2n) is 4.62. The number of benzene rings is 2. The van der Waals surface area contributed by atoms with Gasteiger partial charge in [-0.1, -0.05) is 35.3 Å². The molecule has 2 nitrogen and oxygen atoms in total. The smallest absolute Gasteiger partial charge is 0.198 e. The number of hydrogen-bond acceptors (Lipinski definition) is 2. The number of carbonyl (C=O) groups is 1. The molecule has 0 N–H and O–H groups in total. The first-order valence-electron chi connectivity index (χ1n) is 6.24. The molecule has 0 radical (unpaired) electrons. The molecule has 20 heavy (non-hydrogen) atoms. The molecule has 4 heteroatoms. The highest BCUT2D eigenvalue weighted by Crippen LogP contribution is 2.27. The molecule has 0 saturated carbocycles. The Hall–Kier alpha value is -1.51. The molecule has 2 aromatic rings. The van der Waals surface area contributed by atoms with E-state index in [4.69, 9.17) is 27.9 Å². The van der Waals surface area contributed by atoms with E-state index in [1.165, 1.54) is 0 Å². The Balaban J connectivity index is 2.45. The zero-order valence-electron chi connectivity index (χ0n) is 11.2. The van der Waals surface area contributed by atoms with Crippen molar-refractivity contribution in [3.8, 4) is 5.75 Å². The van der Waals surface area contributed by atoms with Crippen molar-refractivity contribution in [1.29, 1.82) is 0 Å². The van der Waals surface area contributed by atoms with Crippen molar-refractivity contribution >= 4 is 29.0 Å². The van der Waals surface area contributed by atoms with Crippen LogP contribution in [0.1, 0.15) is 29.8 Å². The summed E-state index contributed by atoms with van der Waals surface area (Å²) in [6, 6.07) is 11.9. The van der Waals surface area contributed by atoms with E-state index in [2.05, 4.69) is 0 Å². The summed E-state index contributed by atoms with van der Waals surface area (Å²) in [6.45, 7) is 3.82. The van der Waals surface area contributed by atoms with Gasteiger partial charge in [-0.25, -0.2) is 0 Å². The average molecular weight is 309 g/mol. The fourth-order valence-corrected chi connectivity index (χ4v) is 2.20. The summed E-state index contributed by atoms with van der Waals surface area (Å²) in [5.41, 5.74) is 0.851. The van der Waals surface area contributed by atoms with Crippen molar-refractivity contribution in [3.63, 3.8) is 0 Å². The minimum atomic E-state index is -0.200. The standard InChI is InChI=1S/C16H14Cl2O2/c1-10(2)20-15-6-4-3-5-12(15)16(19)13-9-11(17)7-8-14(13)18/h3-10H,1-2H3. The largest absolute Gasteiger partial charge is 0.490 e. The van der Waals surface area contributed by atoms with E-state index in [9.17, 15) is 4.79 Å². The highest BCUT2D eigenvalue weighted by molar-refractivity contribution is 6.36. The molecule has 0 amide bonds. The number of ketones is 1. The van der Waals surface area contributed by atoms with Crippen molar-refractivity contribution < 1.29 is 9.53 Å². The second kappa shape index (κ2) is 6.29. The van der Waals surface area contributed by atoms with Crippen molar-refractivity contribution in [2.24, 2.45) is 0 Å². The zero-order valence-corrected chi connectivity index (χ0v) is 12.7. The van der Waals surface area contributed by atoms with E-state index in [0.717, 1.165) is 0 Å². The molecule has 0 fully saturated rings. The number of halogens is 2. The van der Waals surface area contributed by atoms with Gasteiger partial charge in [0, 0.05) is 10.6 Å². The lowest BCUT2D eigenvalue weighted by Crippen LogP contribution is -2.11. The van der Waals surface area contributed by atoms with Crippen LogP contribution in [0.15, 0.2) is 42.5 Å². The van der Waals surface area contributed by atoms with Crippen LogP contribution in [-0.2, 0) is 0 Å². The van der Waals surface area contributed by atoms with E-state index >= 15 is 0 Å². The normalized spacial score (nSPS) is 10.7. The van der Waals surface area contributed by atoms with Gasteiger partial charge in [-0.3, -0.25) is 4.79 Å². The van der Waals surface area contributed by atoms with Gasteiger partial charge in [0.2, 0.25) is 0 Å². The van der Waals surface area contributed by atoms with Crippen LogP contribution in [0, 0.1) is 0 Å². The first-order chi connectivity index (χ1) is 9.49. The van der Waals surface area contributed by atoms with Gasteiger partial charge >= 0.3 is 0 Å². The molecule has 2 aromatic carbocycles. The van der Waals surface area contributed by atoms with Crippen LogP contribution in [0.3, 0.4) is 0 Å². The molecule has 0 heterocycles. The molecule has 0 bridgehead atoms. The maximum absolute atomic E-state index is 12.6. The lowest BCUT2D eigenvalue weighted by molar-refractivity contribution is 0.103. The van der Waals surface area contributed by atoms with Crippen LogP contribution >= 0.6 is 23.2 Å². The van der Waals surface area contributed by atoms with Crippen molar-refractivity contribution in [3.05, 3.63) is 63.6 Å². The summed E-state index contributed by atoms with van der Waals surface area (Å²) in [5, 5.41) is 0.846. The van der Waals surface area contributed by atoms with Crippen LogP contribution in [-0.4, -0.2) is 11.9 Å². The molecule has 0 aliphatic carbocycles. The highest BCUT2D eigenvalue weighted by Gasteiger charge is 2.18. The predicted molar refractivity (Wildman–Crippen MR) is 82.1 cm³/mol. The number of para-hydroxylation sites is 1. The first kappa shape index (κ1) is 14.9. The van der Waals surface area contributed by atoms with Crippen LogP contribution < -0.4 is 4.74 Å². The molecular weight excluding hydrogens is 295 g/mol. The Bertz CT molecular complexity index is 636. The van der Waals surface area contributed by atoms with Crippen LogP contribution in [0.2, 0.25) is 10.0 Å². The monoisotopic (exact) mass is 308 g/mol. The van der Waals surface area contributed by atoms with E-state index in [0.29, 0.717) is 26.9 Å². The predicted octanol–water partition coefficient (Wildman–Crippen LogP) is 5.01. The molecule has 0 aliphatic heterocycles. The van der Waals surface area contributed by atoms with E-state index < -0.39 is 0 Å². The Morgan fingerprint density at radius 1 is 1.05 bits per heavy atom. The molecule has 2 rings (SSSR count). The number of rotatable bonds is 4. The molecular formula is C16H14Cl2O2. The Kier molecular flexibility index (Phi) is 4.69. The number of carbonyl (C=O) groups excluding carboxylic acids is 1. The average Bonchev–Trinajstić information content (AvgIpc) is 2.41. The van der Waals surface area contributed by atoms with Gasteiger partial charge in [-0.05, 0) is 44.2 Å². The van der Waals surface area contributed by atoms with E-state index in [1.54, 1.807) is 36.4 Å². The summed E-state index contributed by atoms with van der Waals surface area (Å²) < 4.78 is 5.66. The summed E-state index contributed by atoms with van der Waals surface area (Å²) in [4.78, 5) is 12.6. The quantitative estimate of drug-likeness (QED) is 0.742. The maximum atomic E-state index is 12.6. The van der Waals surface area contributed by atoms with Gasteiger partial charge in [0.05, 0.1) is 16.7 Å². The Morgan fingerprint density at radius 2 is 1.75 bits per heavy atom. The summed E-state index contributed by atoms with van der Waals surface area (Å²) in [6.07, 6.45) is -0.0150. The maximum Gasteiger partial charge on any atom is 0.198 e. The van der Waals surface area contributed by atoms with Crippen LogP contribution in [0.5, 0.6) is 5.75 Å².